The van der Waals surface area contributed by atoms with Crippen LogP contribution >= 0.6 is 0 Å². The second-order valence-electron chi connectivity index (χ2n) is 5.15. The van der Waals surface area contributed by atoms with Gasteiger partial charge in [0.15, 0.2) is 0 Å². The van der Waals surface area contributed by atoms with E-state index in [1.54, 1.807) is 0 Å². The molecule has 0 bridgehead atoms. The second kappa shape index (κ2) is 5.13. The predicted molar refractivity (Wildman–Crippen MR) is 62.6 cm³/mol. The lowest BCUT2D eigenvalue weighted by Crippen LogP contribution is -2.41. The van der Waals surface area contributed by atoms with Gasteiger partial charge in [-0.1, -0.05) is 20.8 Å². The van der Waals surface area contributed by atoms with Gasteiger partial charge in [0.05, 0.1) is 0 Å². The van der Waals surface area contributed by atoms with Gasteiger partial charge < -0.3 is 10.2 Å². The summed E-state index contributed by atoms with van der Waals surface area (Å²) < 4.78 is 0. The fourth-order valence-electron chi connectivity index (χ4n) is 1.73. The highest BCUT2D eigenvalue weighted by atomic mass is 15.1. The fourth-order valence-corrected chi connectivity index (χ4v) is 1.73. The summed E-state index contributed by atoms with van der Waals surface area (Å²) in [6, 6.07) is 0.841. The molecule has 1 aliphatic carbocycles. The van der Waals surface area contributed by atoms with Crippen molar-refractivity contribution in [3.8, 4) is 0 Å². The van der Waals surface area contributed by atoms with Crippen LogP contribution in [0.3, 0.4) is 0 Å². The Bertz CT molecular complexity index is 166. The van der Waals surface area contributed by atoms with Crippen LogP contribution in [0.2, 0.25) is 0 Å². The molecule has 0 aliphatic heterocycles. The van der Waals surface area contributed by atoms with Crippen LogP contribution in [0.15, 0.2) is 0 Å². The standard InChI is InChI=1S/C12H26N2/c1-5-12(3,10-14(4)6-2)9-13-11-7-8-11/h11,13H,5-10H2,1-4H3. The second-order valence-corrected chi connectivity index (χ2v) is 5.15. The van der Waals surface area contributed by atoms with Crippen LogP contribution < -0.4 is 5.32 Å². The highest BCUT2D eigenvalue weighted by molar-refractivity contribution is 4.86. The van der Waals surface area contributed by atoms with Crippen LogP contribution in [0, 0.1) is 5.41 Å². The lowest BCUT2D eigenvalue weighted by molar-refractivity contribution is 0.185. The minimum atomic E-state index is 0.452. The molecule has 1 rings (SSSR count). The molecule has 0 spiro atoms. The van der Waals surface area contributed by atoms with Gasteiger partial charge in [0.2, 0.25) is 0 Å². The van der Waals surface area contributed by atoms with Crippen molar-refractivity contribution >= 4 is 0 Å². The molecule has 1 atom stereocenters. The molecule has 2 heteroatoms. The average Bonchev–Trinajstić information content (AvgIpc) is 2.98. The third kappa shape index (κ3) is 3.97. The predicted octanol–water partition coefficient (Wildman–Crippen LogP) is 2.11. The Morgan fingerprint density at radius 1 is 1.36 bits per heavy atom. The Hall–Kier alpha value is -0.0800. The molecule has 0 aromatic carbocycles. The fraction of sp³-hybridized carbons (Fsp3) is 1.00. The zero-order valence-corrected chi connectivity index (χ0v) is 10.3. The number of nitrogens with one attached hydrogen (secondary N) is 1. The molecular weight excluding hydrogens is 172 g/mol. The molecule has 1 fully saturated rings. The van der Waals surface area contributed by atoms with Crippen LogP contribution in [0.4, 0.5) is 0 Å². The van der Waals surface area contributed by atoms with Gasteiger partial charge in [-0.2, -0.15) is 0 Å². The van der Waals surface area contributed by atoms with E-state index in [0.29, 0.717) is 5.41 Å². The van der Waals surface area contributed by atoms with Crippen molar-refractivity contribution in [1.82, 2.24) is 10.2 Å². The smallest absolute Gasteiger partial charge is 0.00684 e. The SMILES string of the molecule is CCN(C)CC(C)(CC)CNC1CC1. The van der Waals surface area contributed by atoms with E-state index in [-0.39, 0.29) is 0 Å². The summed E-state index contributed by atoms with van der Waals surface area (Å²) in [6.07, 6.45) is 4.05. The molecule has 0 saturated heterocycles. The third-order valence-corrected chi connectivity index (χ3v) is 3.44. The van der Waals surface area contributed by atoms with E-state index in [1.807, 2.05) is 0 Å². The van der Waals surface area contributed by atoms with Gasteiger partial charge in [0.1, 0.15) is 0 Å². The van der Waals surface area contributed by atoms with Crippen LogP contribution in [-0.4, -0.2) is 37.6 Å². The lowest BCUT2D eigenvalue weighted by Gasteiger charge is -2.33. The topological polar surface area (TPSA) is 15.3 Å². The molecule has 1 N–H and O–H groups in total. The van der Waals surface area contributed by atoms with E-state index in [4.69, 9.17) is 0 Å². The molecule has 1 unspecified atom stereocenters. The first-order valence-corrected chi connectivity index (χ1v) is 6.01. The summed E-state index contributed by atoms with van der Waals surface area (Å²) in [6.45, 7) is 10.5. The maximum Gasteiger partial charge on any atom is 0.00684 e. The Morgan fingerprint density at radius 3 is 2.43 bits per heavy atom. The maximum absolute atomic E-state index is 3.65. The summed E-state index contributed by atoms with van der Waals surface area (Å²) in [4.78, 5) is 2.41. The molecule has 1 saturated carbocycles. The molecule has 0 aromatic rings. The average molecular weight is 198 g/mol. The molecule has 0 aromatic heterocycles. The van der Waals surface area contributed by atoms with Crippen LogP contribution in [0.25, 0.3) is 0 Å². The van der Waals surface area contributed by atoms with Crippen molar-refractivity contribution in [3.05, 3.63) is 0 Å². The summed E-state index contributed by atoms with van der Waals surface area (Å²) in [5.74, 6) is 0. The van der Waals surface area contributed by atoms with E-state index >= 15 is 0 Å². The molecule has 0 amide bonds. The zero-order chi connectivity index (χ0) is 10.6. The highest BCUT2D eigenvalue weighted by Gasteiger charge is 2.27. The summed E-state index contributed by atoms with van der Waals surface area (Å²) in [5.41, 5.74) is 0.452. The van der Waals surface area contributed by atoms with Gasteiger partial charge in [0, 0.05) is 19.1 Å². The first-order valence-electron chi connectivity index (χ1n) is 6.01. The summed E-state index contributed by atoms with van der Waals surface area (Å²) in [7, 11) is 2.21. The first kappa shape index (κ1) is 12.0. The molecule has 14 heavy (non-hydrogen) atoms. The lowest BCUT2D eigenvalue weighted by atomic mass is 9.87. The van der Waals surface area contributed by atoms with Gasteiger partial charge in [0.25, 0.3) is 0 Å². The van der Waals surface area contributed by atoms with Crippen molar-refractivity contribution in [2.75, 3.05) is 26.7 Å². The normalized spacial score (nSPS) is 21.2. The molecule has 2 nitrogen and oxygen atoms in total. The zero-order valence-electron chi connectivity index (χ0n) is 10.3. The molecule has 84 valence electrons. The van der Waals surface area contributed by atoms with E-state index in [0.717, 1.165) is 12.6 Å². The van der Waals surface area contributed by atoms with Gasteiger partial charge >= 0.3 is 0 Å². The Balaban J connectivity index is 2.29. The van der Waals surface area contributed by atoms with Crippen molar-refractivity contribution in [2.45, 2.75) is 46.1 Å². The van der Waals surface area contributed by atoms with Crippen molar-refractivity contribution < 1.29 is 0 Å². The summed E-state index contributed by atoms with van der Waals surface area (Å²) >= 11 is 0. The third-order valence-electron chi connectivity index (χ3n) is 3.44. The number of hydrogen-bond donors (Lipinski definition) is 1. The molecule has 0 heterocycles. The minimum absolute atomic E-state index is 0.452. The van der Waals surface area contributed by atoms with E-state index < -0.39 is 0 Å². The van der Waals surface area contributed by atoms with Crippen molar-refractivity contribution in [2.24, 2.45) is 5.41 Å². The van der Waals surface area contributed by atoms with Crippen LogP contribution in [0.1, 0.15) is 40.0 Å². The van der Waals surface area contributed by atoms with E-state index in [9.17, 15) is 0 Å². The van der Waals surface area contributed by atoms with E-state index in [1.165, 1.54) is 32.4 Å². The Morgan fingerprint density at radius 2 is 2.00 bits per heavy atom. The molecule has 1 aliphatic rings. The van der Waals surface area contributed by atoms with Gasteiger partial charge in [-0.05, 0) is 38.3 Å². The number of rotatable bonds is 7. The molecular formula is C12H26N2. The van der Waals surface area contributed by atoms with Gasteiger partial charge in [-0.25, -0.2) is 0 Å². The largest absolute Gasteiger partial charge is 0.313 e. The number of hydrogen-bond acceptors (Lipinski definition) is 2. The Kier molecular flexibility index (Phi) is 4.39. The van der Waals surface area contributed by atoms with Gasteiger partial charge in [-0.15, -0.1) is 0 Å². The van der Waals surface area contributed by atoms with Gasteiger partial charge in [-0.3, -0.25) is 0 Å². The number of nitrogens with zero attached hydrogens (tertiary/aromatic N) is 1. The van der Waals surface area contributed by atoms with Crippen molar-refractivity contribution in [1.29, 1.82) is 0 Å². The summed E-state index contributed by atoms with van der Waals surface area (Å²) in [5, 5.41) is 3.65. The van der Waals surface area contributed by atoms with Crippen LogP contribution in [-0.2, 0) is 0 Å². The van der Waals surface area contributed by atoms with E-state index in [2.05, 4.69) is 38.0 Å². The minimum Gasteiger partial charge on any atom is -0.313 e. The highest BCUT2D eigenvalue weighted by Crippen LogP contribution is 2.25. The first-order chi connectivity index (χ1) is 6.59. The monoisotopic (exact) mass is 198 g/mol. The quantitative estimate of drug-likeness (QED) is 0.674. The molecule has 0 radical (unpaired) electrons. The maximum atomic E-state index is 3.65. The van der Waals surface area contributed by atoms with Crippen LogP contribution in [0.5, 0.6) is 0 Å². The Labute approximate surface area is 89.1 Å². The van der Waals surface area contributed by atoms with Crippen molar-refractivity contribution in [3.63, 3.8) is 0 Å².